The van der Waals surface area contributed by atoms with Crippen LogP contribution in [0.1, 0.15) is 10.7 Å². The molecule has 3 nitrogen and oxygen atoms in total. The molecule has 0 atom stereocenters. The molecule has 19 heavy (non-hydrogen) atoms. The van der Waals surface area contributed by atoms with Crippen molar-refractivity contribution in [2.24, 2.45) is 5.73 Å². The molecule has 0 aliphatic carbocycles. The maximum Gasteiger partial charge on any atom is 0.115 e. The van der Waals surface area contributed by atoms with E-state index in [1.165, 1.54) is 4.88 Å². The smallest absolute Gasteiger partial charge is 0.115 e. The Morgan fingerprint density at radius 3 is 2.84 bits per heavy atom. The summed E-state index contributed by atoms with van der Waals surface area (Å²) in [6.45, 7) is 0.538. The van der Waals surface area contributed by atoms with Gasteiger partial charge in [-0.05, 0) is 23.6 Å². The Balaban J connectivity index is 2.08. The Morgan fingerprint density at radius 1 is 1.26 bits per heavy atom. The van der Waals surface area contributed by atoms with Gasteiger partial charge in [-0.2, -0.15) is 0 Å². The highest BCUT2D eigenvalue weighted by Crippen LogP contribution is 2.20. The number of aromatic nitrogens is 2. The first kappa shape index (κ1) is 12.3. The number of thiocarbonyl (C=S) groups is 1. The van der Waals surface area contributed by atoms with Gasteiger partial charge in [0.15, 0.2) is 0 Å². The molecule has 0 spiro atoms. The minimum absolute atomic E-state index is 0.482. The lowest BCUT2D eigenvalue weighted by Crippen LogP contribution is -2.18. The molecule has 2 aromatic heterocycles. The molecule has 0 radical (unpaired) electrons. The normalized spacial score (nSPS) is 10.9. The molecule has 0 aliphatic heterocycles. The van der Waals surface area contributed by atoms with Crippen molar-refractivity contribution >= 4 is 39.6 Å². The first-order valence-electron chi connectivity index (χ1n) is 5.99. The van der Waals surface area contributed by atoms with Gasteiger partial charge >= 0.3 is 0 Å². The van der Waals surface area contributed by atoms with E-state index in [0.29, 0.717) is 11.5 Å². The van der Waals surface area contributed by atoms with E-state index in [0.717, 1.165) is 23.3 Å². The zero-order valence-electron chi connectivity index (χ0n) is 10.2. The van der Waals surface area contributed by atoms with E-state index in [1.54, 1.807) is 11.3 Å². The predicted molar refractivity (Wildman–Crippen MR) is 83.6 cm³/mol. The summed E-state index contributed by atoms with van der Waals surface area (Å²) in [5.74, 6) is 1.01. The molecule has 1 aromatic carbocycles. The molecule has 0 unspecified atom stereocenters. The van der Waals surface area contributed by atoms with E-state index in [4.69, 9.17) is 22.9 Å². The second-order valence-electron chi connectivity index (χ2n) is 4.33. The zero-order chi connectivity index (χ0) is 13.2. The molecule has 96 valence electrons. The van der Waals surface area contributed by atoms with Gasteiger partial charge in [0.2, 0.25) is 0 Å². The first-order chi connectivity index (χ1) is 9.24. The van der Waals surface area contributed by atoms with Crippen LogP contribution in [0.25, 0.3) is 11.0 Å². The number of rotatable bonds is 4. The summed E-state index contributed by atoms with van der Waals surface area (Å²) < 4.78 is 2.11. The summed E-state index contributed by atoms with van der Waals surface area (Å²) in [7, 11) is 0. The summed E-state index contributed by atoms with van der Waals surface area (Å²) >= 11 is 6.78. The van der Waals surface area contributed by atoms with Crippen LogP contribution in [0, 0.1) is 0 Å². The van der Waals surface area contributed by atoms with E-state index >= 15 is 0 Å². The van der Waals surface area contributed by atoms with E-state index in [2.05, 4.69) is 28.1 Å². The van der Waals surface area contributed by atoms with Crippen molar-refractivity contribution in [1.29, 1.82) is 0 Å². The summed E-state index contributed by atoms with van der Waals surface area (Å²) in [6.07, 6.45) is 0.814. The molecule has 0 saturated carbocycles. The molecule has 3 rings (SSSR count). The molecule has 0 amide bonds. The zero-order valence-corrected chi connectivity index (χ0v) is 11.9. The highest BCUT2D eigenvalue weighted by molar-refractivity contribution is 7.80. The van der Waals surface area contributed by atoms with Crippen LogP contribution in [-0.2, 0) is 13.0 Å². The summed E-state index contributed by atoms with van der Waals surface area (Å²) in [6, 6.07) is 12.3. The summed E-state index contributed by atoms with van der Waals surface area (Å²) in [5.41, 5.74) is 7.78. The second kappa shape index (κ2) is 5.11. The van der Waals surface area contributed by atoms with Crippen LogP contribution in [0.2, 0.25) is 0 Å². The molecule has 2 heterocycles. The van der Waals surface area contributed by atoms with Crippen molar-refractivity contribution in [2.75, 3.05) is 0 Å². The van der Waals surface area contributed by atoms with Crippen molar-refractivity contribution in [3.8, 4) is 0 Å². The molecule has 0 saturated heterocycles. The van der Waals surface area contributed by atoms with Crippen molar-refractivity contribution in [3.05, 3.63) is 52.5 Å². The molecule has 3 aromatic rings. The van der Waals surface area contributed by atoms with E-state index < -0.39 is 0 Å². The largest absolute Gasteiger partial charge is 0.392 e. The van der Waals surface area contributed by atoms with Crippen LogP contribution in [0.4, 0.5) is 0 Å². The van der Waals surface area contributed by atoms with Gasteiger partial charge in [0.1, 0.15) is 5.82 Å². The monoisotopic (exact) mass is 287 g/mol. The van der Waals surface area contributed by atoms with Crippen LogP contribution in [0.3, 0.4) is 0 Å². The van der Waals surface area contributed by atoms with Crippen molar-refractivity contribution in [3.63, 3.8) is 0 Å². The number of para-hydroxylation sites is 2. The average Bonchev–Trinajstić information content (AvgIpc) is 2.99. The van der Waals surface area contributed by atoms with Gasteiger partial charge in [-0.1, -0.05) is 30.4 Å². The lowest BCUT2D eigenvalue weighted by atomic mass is 10.3. The van der Waals surface area contributed by atoms with Gasteiger partial charge in [0.05, 0.1) is 22.6 Å². The van der Waals surface area contributed by atoms with Crippen molar-refractivity contribution < 1.29 is 0 Å². The Morgan fingerprint density at radius 2 is 2.11 bits per heavy atom. The summed E-state index contributed by atoms with van der Waals surface area (Å²) in [5, 5.41) is 2.08. The van der Waals surface area contributed by atoms with Crippen molar-refractivity contribution in [1.82, 2.24) is 9.55 Å². The first-order valence-corrected chi connectivity index (χ1v) is 7.27. The Labute approximate surface area is 120 Å². The highest BCUT2D eigenvalue weighted by atomic mass is 32.1. The molecule has 0 aliphatic rings. The van der Waals surface area contributed by atoms with Crippen LogP contribution in [-0.4, -0.2) is 14.5 Å². The fraction of sp³-hybridized carbons (Fsp3) is 0.143. The van der Waals surface area contributed by atoms with Gasteiger partial charge in [-0.3, -0.25) is 0 Å². The minimum Gasteiger partial charge on any atom is -0.392 e. The van der Waals surface area contributed by atoms with Crippen LogP contribution < -0.4 is 5.73 Å². The van der Waals surface area contributed by atoms with E-state index in [-0.39, 0.29) is 0 Å². The maximum atomic E-state index is 5.70. The van der Waals surface area contributed by atoms with Crippen LogP contribution in [0.5, 0.6) is 0 Å². The van der Waals surface area contributed by atoms with Gasteiger partial charge in [-0.25, -0.2) is 4.98 Å². The third kappa shape index (κ3) is 2.52. The quantitative estimate of drug-likeness (QED) is 0.750. The van der Waals surface area contributed by atoms with Crippen molar-refractivity contribution in [2.45, 2.75) is 13.0 Å². The number of imidazole rings is 1. The van der Waals surface area contributed by atoms with Gasteiger partial charge in [-0.15, -0.1) is 11.3 Å². The predicted octanol–water partition coefficient (Wildman–Crippen LogP) is 2.97. The Hall–Kier alpha value is -1.72. The molecule has 0 fully saturated rings. The lowest BCUT2D eigenvalue weighted by molar-refractivity contribution is 0.808. The fourth-order valence-corrected chi connectivity index (χ4v) is 2.99. The number of thiophene rings is 1. The Bertz CT molecular complexity index is 713. The summed E-state index contributed by atoms with van der Waals surface area (Å²) in [4.78, 5) is 6.47. The minimum atomic E-state index is 0.482. The SMILES string of the molecule is NC(=S)Cn1c(Cc2cccs2)nc2ccccc21. The molecule has 2 N–H and O–H groups in total. The number of hydrogen-bond acceptors (Lipinski definition) is 3. The third-order valence-electron chi connectivity index (χ3n) is 2.96. The van der Waals surface area contributed by atoms with E-state index in [9.17, 15) is 0 Å². The lowest BCUT2D eigenvalue weighted by Gasteiger charge is -2.07. The fourth-order valence-electron chi connectivity index (χ4n) is 2.16. The van der Waals surface area contributed by atoms with Gasteiger partial charge in [0, 0.05) is 11.3 Å². The van der Waals surface area contributed by atoms with Crippen LogP contribution in [0.15, 0.2) is 41.8 Å². The highest BCUT2D eigenvalue weighted by Gasteiger charge is 2.11. The Kier molecular flexibility index (Phi) is 3.31. The third-order valence-corrected chi connectivity index (χ3v) is 3.97. The molecule has 0 bridgehead atoms. The van der Waals surface area contributed by atoms with E-state index in [1.807, 2.05) is 18.2 Å². The average molecular weight is 287 g/mol. The van der Waals surface area contributed by atoms with Crippen LogP contribution >= 0.6 is 23.6 Å². The van der Waals surface area contributed by atoms with Gasteiger partial charge < -0.3 is 10.3 Å². The second-order valence-corrected chi connectivity index (χ2v) is 5.88. The molecule has 5 heteroatoms. The standard InChI is InChI=1S/C14H13N3S2/c15-13(18)9-17-12-6-2-1-5-11(12)16-14(17)8-10-4-3-7-19-10/h1-7H,8-9H2,(H2,15,18). The molecular weight excluding hydrogens is 274 g/mol. The number of nitrogens with two attached hydrogens (primary N) is 1. The maximum absolute atomic E-state index is 5.70. The number of nitrogens with zero attached hydrogens (tertiary/aromatic N) is 2. The number of hydrogen-bond donors (Lipinski definition) is 1. The van der Waals surface area contributed by atoms with Gasteiger partial charge in [0.25, 0.3) is 0 Å². The number of fused-ring (bicyclic) bond motifs is 1. The topological polar surface area (TPSA) is 43.8 Å². The number of benzene rings is 1. The molecular formula is C14H13N3S2.